The molecular formula is C19H22FN3O. The number of hydrogen-bond donors (Lipinski definition) is 1. The molecule has 1 unspecified atom stereocenters. The Hall–Kier alpha value is -2.24. The number of rotatable bonds is 5. The minimum atomic E-state index is -0.496. The Kier molecular flexibility index (Phi) is 5.23. The largest absolute Gasteiger partial charge is 0.368 e. The van der Waals surface area contributed by atoms with E-state index in [1.54, 1.807) is 12.1 Å². The van der Waals surface area contributed by atoms with E-state index in [1.807, 2.05) is 18.2 Å². The minimum Gasteiger partial charge on any atom is -0.368 e. The molecule has 2 N–H and O–H groups in total. The van der Waals surface area contributed by atoms with Crippen LogP contribution in [0.1, 0.15) is 17.2 Å². The first-order chi connectivity index (χ1) is 11.6. The van der Waals surface area contributed by atoms with Crippen LogP contribution in [0.4, 0.5) is 4.39 Å². The number of nitrogens with two attached hydrogens (primary N) is 1. The van der Waals surface area contributed by atoms with Gasteiger partial charge in [0, 0.05) is 32.7 Å². The predicted octanol–water partition coefficient (Wildman–Crippen LogP) is 2.17. The molecule has 0 aromatic heterocycles. The van der Waals surface area contributed by atoms with E-state index in [0.29, 0.717) is 0 Å². The fourth-order valence-electron chi connectivity index (χ4n) is 3.22. The van der Waals surface area contributed by atoms with Crippen molar-refractivity contribution >= 4 is 5.91 Å². The van der Waals surface area contributed by atoms with Crippen LogP contribution in [-0.4, -0.2) is 41.9 Å². The van der Waals surface area contributed by atoms with Crippen molar-refractivity contribution in [1.82, 2.24) is 9.80 Å². The molecule has 0 aliphatic carbocycles. The average Bonchev–Trinajstić information content (AvgIpc) is 2.59. The van der Waals surface area contributed by atoms with E-state index in [4.69, 9.17) is 5.73 Å². The van der Waals surface area contributed by atoms with E-state index in [9.17, 15) is 9.18 Å². The molecule has 1 atom stereocenters. The van der Waals surface area contributed by atoms with Crippen LogP contribution in [0.3, 0.4) is 0 Å². The maximum atomic E-state index is 13.1. The zero-order chi connectivity index (χ0) is 16.9. The van der Waals surface area contributed by atoms with Crippen LogP contribution < -0.4 is 5.73 Å². The van der Waals surface area contributed by atoms with Crippen molar-refractivity contribution in [1.29, 1.82) is 0 Å². The zero-order valence-corrected chi connectivity index (χ0v) is 13.6. The Balaban J connectivity index is 1.63. The molecule has 1 heterocycles. The third kappa shape index (κ3) is 3.99. The van der Waals surface area contributed by atoms with Gasteiger partial charge in [0.05, 0.1) is 0 Å². The predicted molar refractivity (Wildman–Crippen MR) is 91.6 cm³/mol. The van der Waals surface area contributed by atoms with Crippen LogP contribution in [0.5, 0.6) is 0 Å². The summed E-state index contributed by atoms with van der Waals surface area (Å²) in [6.45, 7) is 4.18. The normalized spacial score (nSPS) is 17.5. The molecule has 2 aromatic rings. The number of nitrogens with zero attached hydrogens (tertiary/aromatic N) is 2. The lowest BCUT2D eigenvalue weighted by Crippen LogP contribution is -2.49. The van der Waals surface area contributed by atoms with Crippen LogP contribution in [0.2, 0.25) is 0 Å². The highest BCUT2D eigenvalue weighted by Gasteiger charge is 2.28. The Morgan fingerprint density at radius 2 is 1.62 bits per heavy atom. The fraction of sp³-hybridized carbons (Fsp3) is 0.316. The SMILES string of the molecule is NC(=O)C(c1ccc(F)cc1)N1CCN(Cc2ccccc2)CC1. The third-order valence-corrected chi connectivity index (χ3v) is 4.48. The number of carbonyl (C=O) groups excluding carboxylic acids is 1. The van der Waals surface area contributed by atoms with Crippen molar-refractivity contribution in [3.63, 3.8) is 0 Å². The Labute approximate surface area is 141 Å². The van der Waals surface area contributed by atoms with Gasteiger partial charge in [-0.1, -0.05) is 42.5 Å². The molecule has 2 aromatic carbocycles. The summed E-state index contributed by atoms with van der Waals surface area (Å²) in [4.78, 5) is 16.4. The molecule has 1 aliphatic heterocycles. The number of benzene rings is 2. The van der Waals surface area contributed by atoms with Crippen LogP contribution in [0.25, 0.3) is 0 Å². The summed E-state index contributed by atoms with van der Waals surface area (Å²) in [6, 6.07) is 15.9. The van der Waals surface area contributed by atoms with Gasteiger partial charge in [-0.2, -0.15) is 0 Å². The fourth-order valence-corrected chi connectivity index (χ4v) is 3.22. The second kappa shape index (κ2) is 7.55. The summed E-state index contributed by atoms with van der Waals surface area (Å²) >= 11 is 0. The first-order valence-electron chi connectivity index (χ1n) is 8.18. The third-order valence-electron chi connectivity index (χ3n) is 4.48. The molecule has 5 heteroatoms. The monoisotopic (exact) mass is 327 g/mol. The van der Waals surface area contributed by atoms with Crippen molar-refractivity contribution in [2.75, 3.05) is 26.2 Å². The molecule has 1 amide bonds. The van der Waals surface area contributed by atoms with Crippen molar-refractivity contribution < 1.29 is 9.18 Å². The topological polar surface area (TPSA) is 49.6 Å². The van der Waals surface area contributed by atoms with Crippen molar-refractivity contribution in [3.8, 4) is 0 Å². The Morgan fingerprint density at radius 1 is 1.00 bits per heavy atom. The van der Waals surface area contributed by atoms with E-state index < -0.39 is 11.9 Å². The first-order valence-corrected chi connectivity index (χ1v) is 8.18. The molecular weight excluding hydrogens is 305 g/mol. The maximum Gasteiger partial charge on any atom is 0.239 e. The molecule has 1 saturated heterocycles. The summed E-state index contributed by atoms with van der Waals surface area (Å²) in [5.74, 6) is -0.701. The number of primary amides is 1. The van der Waals surface area contributed by atoms with E-state index in [2.05, 4.69) is 21.9 Å². The lowest BCUT2D eigenvalue weighted by molar-refractivity contribution is -0.124. The van der Waals surface area contributed by atoms with E-state index in [1.165, 1.54) is 17.7 Å². The zero-order valence-electron chi connectivity index (χ0n) is 13.6. The summed E-state index contributed by atoms with van der Waals surface area (Å²) in [5, 5.41) is 0. The highest BCUT2D eigenvalue weighted by atomic mass is 19.1. The van der Waals surface area contributed by atoms with Gasteiger partial charge in [0.2, 0.25) is 5.91 Å². The number of halogens is 1. The molecule has 0 radical (unpaired) electrons. The molecule has 1 fully saturated rings. The van der Waals surface area contributed by atoms with Gasteiger partial charge in [0.1, 0.15) is 11.9 Å². The summed E-state index contributed by atoms with van der Waals surface area (Å²) in [5.41, 5.74) is 7.65. The lowest BCUT2D eigenvalue weighted by atomic mass is 10.0. The van der Waals surface area contributed by atoms with Crippen LogP contribution >= 0.6 is 0 Å². The number of amides is 1. The molecule has 1 aliphatic rings. The van der Waals surface area contributed by atoms with Gasteiger partial charge in [0.15, 0.2) is 0 Å². The molecule has 0 spiro atoms. The van der Waals surface area contributed by atoms with Crippen molar-refractivity contribution in [3.05, 3.63) is 71.5 Å². The van der Waals surface area contributed by atoms with Crippen LogP contribution in [-0.2, 0) is 11.3 Å². The van der Waals surface area contributed by atoms with Crippen molar-refractivity contribution in [2.24, 2.45) is 5.73 Å². The highest BCUT2D eigenvalue weighted by molar-refractivity contribution is 5.81. The van der Waals surface area contributed by atoms with Gasteiger partial charge < -0.3 is 5.73 Å². The summed E-state index contributed by atoms with van der Waals surface area (Å²) in [7, 11) is 0. The van der Waals surface area contributed by atoms with E-state index >= 15 is 0 Å². The molecule has 3 rings (SSSR count). The van der Waals surface area contributed by atoms with E-state index in [0.717, 1.165) is 38.3 Å². The van der Waals surface area contributed by atoms with E-state index in [-0.39, 0.29) is 5.82 Å². The Bertz CT molecular complexity index is 667. The number of carbonyl (C=O) groups is 1. The maximum absolute atomic E-state index is 13.1. The van der Waals surface area contributed by atoms with Gasteiger partial charge in [-0.25, -0.2) is 4.39 Å². The van der Waals surface area contributed by atoms with Gasteiger partial charge in [-0.15, -0.1) is 0 Å². The quantitative estimate of drug-likeness (QED) is 0.916. The molecule has 126 valence electrons. The van der Waals surface area contributed by atoms with Gasteiger partial charge >= 0.3 is 0 Å². The van der Waals surface area contributed by atoms with Crippen LogP contribution in [0, 0.1) is 5.82 Å². The number of piperazine rings is 1. The molecule has 0 bridgehead atoms. The van der Waals surface area contributed by atoms with Crippen LogP contribution in [0.15, 0.2) is 54.6 Å². The minimum absolute atomic E-state index is 0.311. The molecule has 4 nitrogen and oxygen atoms in total. The highest BCUT2D eigenvalue weighted by Crippen LogP contribution is 2.23. The summed E-state index contributed by atoms with van der Waals surface area (Å²) < 4.78 is 13.1. The summed E-state index contributed by atoms with van der Waals surface area (Å²) in [6.07, 6.45) is 0. The second-order valence-corrected chi connectivity index (χ2v) is 6.15. The number of hydrogen-bond acceptors (Lipinski definition) is 3. The first kappa shape index (κ1) is 16.6. The smallest absolute Gasteiger partial charge is 0.239 e. The van der Waals surface area contributed by atoms with Crippen molar-refractivity contribution in [2.45, 2.75) is 12.6 Å². The lowest BCUT2D eigenvalue weighted by Gasteiger charge is -2.38. The Morgan fingerprint density at radius 3 is 2.21 bits per heavy atom. The van der Waals surface area contributed by atoms with Gasteiger partial charge in [-0.3, -0.25) is 14.6 Å². The average molecular weight is 327 g/mol. The van der Waals surface area contributed by atoms with Gasteiger partial charge in [-0.05, 0) is 23.3 Å². The molecule has 0 saturated carbocycles. The van der Waals surface area contributed by atoms with Gasteiger partial charge in [0.25, 0.3) is 0 Å². The molecule has 24 heavy (non-hydrogen) atoms. The standard InChI is InChI=1S/C19H22FN3O/c20-17-8-6-16(7-9-17)18(19(21)24)23-12-10-22(11-13-23)14-15-4-2-1-3-5-15/h1-9,18H,10-14H2,(H2,21,24). The second-order valence-electron chi connectivity index (χ2n) is 6.15.